The topological polar surface area (TPSA) is 90.5 Å². The van der Waals surface area contributed by atoms with Gasteiger partial charge in [-0.3, -0.25) is 9.00 Å². The molecule has 4 aliphatic rings. The lowest BCUT2D eigenvalue weighted by Gasteiger charge is -2.37. The predicted octanol–water partition coefficient (Wildman–Crippen LogP) is 2.99. The number of aryl methyl sites for hydroxylation is 1. The van der Waals surface area contributed by atoms with E-state index in [1.807, 2.05) is 6.07 Å². The number of hydrogen-bond donors (Lipinski definition) is 2. The molecule has 2 N–H and O–H groups in total. The van der Waals surface area contributed by atoms with Crippen LogP contribution in [0.25, 0.3) is 0 Å². The molecule has 6 nitrogen and oxygen atoms in total. The summed E-state index contributed by atoms with van der Waals surface area (Å²) in [6.07, 6.45) is 8.05. The summed E-state index contributed by atoms with van der Waals surface area (Å²) in [5.74, 6) is 1.17. The number of nitrogens with one attached hydrogen (secondary N) is 2. The van der Waals surface area contributed by atoms with Crippen LogP contribution in [0, 0.1) is 11.8 Å². The SMILES string of the molecule is CC(NC(=O)c1cc(C(C2CC2)S(=O)[O-])cc2c1OCCC2)(C1CC1)C1CCCN1. The van der Waals surface area contributed by atoms with Gasteiger partial charge in [0, 0.05) is 11.3 Å². The van der Waals surface area contributed by atoms with E-state index < -0.39 is 16.3 Å². The Labute approximate surface area is 180 Å². The van der Waals surface area contributed by atoms with Crippen LogP contribution in [0.2, 0.25) is 0 Å². The number of rotatable bonds is 7. The third-order valence-electron chi connectivity index (χ3n) is 7.45. The molecule has 2 aliphatic carbocycles. The number of carbonyl (C=O) groups excluding carboxylic acids is 1. The highest BCUT2D eigenvalue weighted by Crippen LogP contribution is 2.46. The first kappa shape index (κ1) is 20.5. The highest BCUT2D eigenvalue weighted by atomic mass is 32.2. The first-order valence-electron chi connectivity index (χ1n) is 11.4. The minimum atomic E-state index is -2.20. The van der Waals surface area contributed by atoms with E-state index in [1.54, 1.807) is 6.07 Å². The zero-order chi connectivity index (χ0) is 20.9. The van der Waals surface area contributed by atoms with Gasteiger partial charge in [-0.2, -0.15) is 0 Å². The van der Waals surface area contributed by atoms with Crippen molar-refractivity contribution in [2.45, 2.75) is 75.1 Å². The average Bonchev–Trinajstić information content (AvgIpc) is 3.66. The van der Waals surface area contributed by atoms with Crippen LogP contribution in [0.15, 0.2) is 12.1 Å². The van der Waals surface area contributed by atoms with E-state index in [4.69, 9.17) is 4.74 Å². The Kier molecular flexibility index (Phi) is 5.40. The molecule has 30 heavy (non-hydrogen) atoms. The van der Waals surface area contributed by atoms with Crippen LogP contribution in [0.4, 0.5) is 0 Å². The minimum Gasteiger partial charge on any atom is -0.772 e. The number of hydrogen-bond acceptors (Lipinski definition) is 5. The molecule has 0 aromatic heterocycles. The van der Waals surface area contributed by atoms with Crippen molar-refractivity contribution in [1.82, 2.24) is 10.6 Å². The van der Waals surface area contributed by atoms with E-state index >= 15 is 0 Å². The second kappa shape index (κ2) is 7.92. The molecule has 1 saturated heterocycles. The van der Waals surface area contributed by atoms with Crippen LogP contribution in [0.1, 0.15) is 78.6 Å². The Morgan fingerprint density at radius 2 is 2.07 bits per heavy atom. The molecule has 0 bridgehead atoms. The molecule has 2 heterocycles. The quantitative estimate of drug-likeness (QED) is 0.648. The predicted molar refractivity (Wildman–Crippen MR) is 114 cm³/mol. The Hall–Kier alpha value is -1.44. The monoisotopic (exact) mass is 431 g/mol. The normalized spacial score (nSPS) is 27.5. The van der Waals surface area contributed by atoms with Gasteiger partial charge in [-0.1, -0.05) is 6.07 Å². The van der Waals surface area contributed by atoms with Gasteiger partial charge in [0.15, 0.2) is 0 Å². The fourth-order valence-corrected chi connectivity index (χ4v) is 6.39. The lowest BCUT2D eigenvalue weighted by Crippen LogP contribution is -2.59. The molecule has 7 heteroatoms. The molecule has 4 unspecified atom stereocenters. The van der Waals surface area contributed by atoms with Crippen molar-refractivity contribution in [2.75, 3.05) is 13.2 Å². The second-order valence-electron chi connectivity index (χ2n) is 9.69. The summed E-state index contributed by atoms with van der Waals surface area (Å²) in [5.41, 5.74) is 1.92. The lowest BCUT2D eigenvalue weighted by molar-refractivity contribution is 0.0863. The maximum Gasteiger partial charge on any atom is 0.255 e. The smallest absolute Gasteiger partial charge is 0.255 e. The first-order chi connectivity index (χ1) is 14.5. The molecular formula is C23H31N2O4S-. The third-order valence-corrected chi connectivity index (χ3v) is 8.52. The Morgan fingerprint density at radius 3 is 2.70 bits per heavy atom. The molecule has 0 spiro atoms. The molecule has 4 atom stereocenters. The van der Waals surface area contributed by atoms with Crippen LogP contribution in [0.3, 0.4) is 0 Å². The molecule has 2 saturated carbocycles. The summed E-state index contributed by atoms with van der Waals surface area (Å²) in [4.78, 5) is 13.6. The zero-order valence-electron chi connectivity index (χ0n) is 17.6. The largest absolute Gasteiger partial charge is 0.772 e. The van der Waals surface area contributed by atoms with Gasteiger partial charge in [0.2, 0.25) is 0 Å². The van der Waals surface area contributed by atoms with E-state index in [9.17, 15) is 13.6 Å². The number of carbonyl (C=O) groups is 1. The molecule has 2 aliphatic heterocycles. The molecular weight excluding hydrogens is 400 g/mol. The number of fused-ring (bicyclic) bond motifs is 1. The number of ether oxygens (including phenoxy) is 1. The Bertz CT molecular complexity index is 861. The van der Waals surface area contributed by atoms with Gasteiger partial charge in [-0.25, -0.2) is 0 Å². The summed E-state index contributed by atoms with van der Waals surface area (Å²) >= 11 is -2.20. The van der Waals surface area contributed by atoms with Crippen LogP contribution < -0.4 is 15.4 Å². The molecule has 1 amide bonds. The van der Waals surface area contributed by atoms with Crippen molar-refractivity contribution < 1.29 is 18.3 Å². The van der Waals surface area contributed by atoms with E-state index in [0.717, 1.165) is 69.0 Å². The molecule has 5 rings (SSSR count). The molecule has 3 fully saturated rings. The highest BCUT2D eigenvalue weighted by Gasteiger charge is 2.49. The van der Waals surface area contributed by atoms with Crippen molar-refractivity contribution in [3.8, 4) is 5.75 Å². The standard InChI is InChI=1S/C23H32N2O4S/c1-23(17-8-9-17,19-5-2-10-24-19)25-22(26)18-13-16(21(30(27)28)14-6-7-14)12-15-4-3-11-29-20(15)18/h12-14,17,19,21,24H,2-11H2,1H3,(H,25,26)(H,27,28)/p-1. The van der Waals surface area contributed by atoms with Crippen molar-refractivity contribution in [3.05, 3.63) is 28.8 Å². The summed E-state index contributed by atoms with van der Waals surface area (Å²) in [6, 6.07) is 4.03. The van der Waals surface area contributed by atoms with E-state index in [0.29, 0.717) is 23.8 Å². The van der Waals surface area contributed by atoms with Gasteiger partial charge >= 0.3 is 0 Å². The first-order valence-corrected chi connectivity index (χ1v) is 12.5. The van der Waals surface area contributed by atoms with Crippen molar-refractivity contribution in [2.24, 2.45) is 11.8 Å². The second-order valence-corrected chi connectivity index (χ2v) is 10.7. The van der Waals surface area contributed by atoms with Gasteiger partial charge in [-0.05, 0) is 105 Å². The van der Waals surface area contributed by atoms with E-state index in [1.165, 1.54) is 0 Å². The fourth-order valence-electron chi connectivity index (χ4n) is 5.44. The average molecular weight is 432 g/mol. The summed E-state index contributed by atoms with van der Waals surface area (Å²) in [7, 11) is 0. The summed E-state index contributed by atoms with van der Waals surface area (Å²) in [5, 5.41) is 6.41. The van der Waals surface area contributed by atoms with Crippen molar-refractivity contribution in [1.29, 1.82) is 0 Å². The van der Waals surface area contributed by atoms with E-state index in [2.05, 4.69) is 17.6 Å². The van der Waals surface area contributed by atoms with Crippen LogP contribution >= 0.6 is 0 Å². The third kappa shape index (κ3) is 3.80. The molecule has 0 radical (unpaired) electrons. The van der Waals surface area contributed by atoms with Crippen molar-refractivity contribution in [3.63, 3.8) is 0 Å². The molecule has 164 valence electrons. The van der Waals surface area contributed by atoms with Gasteiger partial charge in [-0.15, -0.1) is 0 Å². The van der Waals surface area contributed by atoms with Crippen LogP contribution in [-0.2, 0) is 17.5 Å². The highest BCUT2D eigenvalue weighted by molar-refractivity contribution is 7.79. The van der Waals surface area contributed by atoms with Crippen molar-refractivity contribution >= 4 is 17.0 Å². The van der Waals surface area contributed by atoms with Gasteiger partial charge in [0.05, 0.1) is 17.7 Å². The Morgan fingerprint density at radius 1 is 1.27 bits per heavy atom. The molecule has 1 aromatic rings. The van der Waals surface area contributed by atoms with Gasteiger partial charge in [0.25, 0.3) is 5.91 Å². The summed E-state index contributed by atoms with van der Waals surface area (Å²) in [6.45, 7) is 3.76. The van der Waals surface area contributed by atoms with Crippen LogP contribution in [-0.4, -0.2) is 39.4 Å². The fraction of sp³-hybridized carbons (Fsp3) is 0.696. The minimum absolute atomic E-state index is 0.135. The van der Waals surface area contributed by atoms with Gasteiger partial charge in [0.1, 0.15) is 5.75 Å². The maximum absolute atomic E-state index is 13.6. The zero-order valence-corrected chi connectivity index (χ0v) is 18.4. The van der Waals surface area contributed by atoms with Gasteiger partial charge < -0.3 is 19.9 Å². The molecule has 1 aromatic carbocycles. The number of amides is 1. The van der Waals surface area contributed by atoms with Crippen LogP contribution in [0.5, 0.6) is 5.75 Å². The number of benzene rings is 1. The Balaban J connectivity index is 1.49. The lowest BCUT2D eigenvalue weighted by atomic mass is 9.85. The maximum atomic E-state index is 13.6. The van der Waals surface area contributed by atoms with E-state index in [-0.39, 0.29) is 23.4 Å². The summed E-state index contributed by atoms with van der Waals surface area (Å²) < 4.78 is 29.9.